The summed E-state index contributed by atoms with van der Waals surface area (Å²) in [7, 11) is -7.16. The quantitative estimate of drug-likeness (QED) is 0.732. The van der Waals surface area contributed by atoms with Gasteiger partial charge in [-0.3, -0.25) is 0 Å². The maximum atomic E-state index is 13.1. The highest BCUT2D eigenvalue weighted by Gasteiger charge is 2.35. The van der Waals surface area contributed by atoms with E-state index in [-0.39, 0.29) is 23.2 Å². The molecule has 3 rings (SSSR count). The Kier molecular flexibility index (Phi) is 6.34. The molecule has 0 amide bonds. The van der Waals surface area contributed by atoms with Gasteiger partial charge in [0.2, 0.25) is 20.0 Å². The van der Waals surface area contributed by atoms with Crippen molar-refractivity contribution < 1.29 is 16.8 Å². The number of sulfonamides is 2. The fourth-order valence-corrected chi connectivity index (χ4v) is 6.92. The van der Waals surface area contributed by atoms with E-state index in [9.17, 15) is 16.8 Å². The number of hydrogen-bond donors (Lipinski definition) is 1. The molecular formula is C17H27N3O4S2. The highest BCUT2D eigenvalue weighted by molar-refractivity contribution is 7.90. The summed E-state index contributed by atoms with van der Waals surface area (Å²) in [4.78, 5) is 0.228. The molecule has 0 atom stereocenters. The highest BCUT2D eigenvalue weighted by atomic mass is 32.2. The van der Waals surface area contributed by atoms with E-state index in [0.717, 1.165) is 25.7 Å². The van der Waals surface area contributed by atoms with Crippen molar-refractivity contribution in [3.05, 3.63) is 30.3 Å². The molecule has 0 bridgehead atoms. The third kappa shape index (κ3) is 4.45. The predicted molar refractivity (Wildman–Crippen MR) is 101 cm³/mol. The molecule has 7 nitrogen and oxygen atoms in total. The largest absolute Gasteiger partial charge is 0.314 e. The molecule has 0 aromatic heterocycles. The SMILES string of the molecule is O=S(=O)(CCN(C1CCCC1)S(=O)(=O)c1ccccc1)N1CCNCC1. The van der Waals surface area contributed by atoms with Gasteiger partial charge in [-0.25, -0.2) is 16.8 Å². The van der Waals surface area contributed by atoms with Gasteiger partial charge in [0.25, 0.3) is 0 Å². The molecule has 1 saturated carbocycles. The summed E-state index contributed by atoms with van der Waals surface area (Å²) >= 11 is 0. The first-order chi connectivity index (χ1) is 12.4. The molecule has 0 unspecified atom stereocenters. The summed E-state index contributed by atoms with van der Waals surface area (Å²) in [6.45, 7) is 2.16. The van der Waals surface area contributed by atoms with E-state index in [2.05, 4.69) is 5.32 Å². The van der Waals surface area contributed by atoms with Crippen molar-refractivity contribution >= 4 is 20.0 Å². The molecule has 26 heavy (non-hydrogen) atoms. The first kappa shape index (κ1) is 19.8. The Morgan fingerprint density at radius 3 is 2.23 bits per heavy atom. The fourth-order valence-electron chi connectivity index (χ4n) is 3.68. The van der Waals surface area contributed by atoms with Crippen LogP contribution in [-0.4, -0.2) is 70.0 Å². The molecule has 146 valence electrons. The van der Waals surface area contributed by atoms with Crippen LogP contribution < -0.4 is 5.32 Å². The van der Waals surface area contributed by atoms with Crippen molar-refractivity contribution in [1.82, 2.24) is 13.9 Å². The molecule has 1 aliphatic heterocycles. The van der Waals surface area contributed by atoms with Crippen LogP contribution in [-0.2, 0) is 20.0 Å². The highest BCUT2D eigenvalue weighted by Crippen LogP contribution is 2.28. The van der Waals surface area contributed by atoms with E-state index in [1.165, 1.54) is 8.61 Å². The maximum absolute atomic E-state index is 13.1. The van der Waals surface area contributed by atoms with E-state index >= 15 is 0 Å². The molecule has 9 heteroatoms. The molecule has 1 aromatic carbocycles. The average Bonchev–Trinajstić information content (AvgIpc) is 3.17. The molecule has 1 aliphatic carbocycles. The smallest absolute Gasteiger partial charge is 0.243 e. The van der Waals surface area contributed by atoms with Crippen LogP contribution in [0.5, 0.6) is 0 Å². The molecule has 1 heterocycles. The zero-order valence-electron chi connectivity index (χ0n) is 14.9. The Bertz CT molecular complexity index is 785. The maximum Gasteiger partial charge on any atom is 0.243 e. The summed E-state index contributed by atoms with van der Waals surface area (Å²) in [6, 6.07) is 8.19. The Balaban J connectivity index is 1.79. The second-order valence-electron chi connectivity index (χ2n) is 6.83. The van der Waals surface area contributed by atoms with Crippen LogP contribution in [0.3, 0.4) is 0 Å². The number of hydrogen-bond acceptors (Lipinski definition) is 5. The van der Waals surface area contributed by atoms with E-state index in [0.29, 0.717) is 26.2 Å². The zero-order chi connectivity index (χ0) is 18.6. The van der Waals surface area contributed by atoms with Crippen molar-refractivity contribution in [3.8, 4) is 0 Å². The standard InChI is InChI=1S/C17H27N3O4S2/c21-25(22,19-12-10-18-11-13-19)15-14-20(16-6-4-5-7-16)26(23,24)17-8-2-1-3-9-17/h1-3,8-9,16,18H,4-7,10-15H2. The summed E-state index contributed by atoms with van der Waals surface area (Å²) < 4.78 is 54.4. The van der Waals surface area contributed by atoms with Crippen LogP contribution in [0.2, 0.25) is 0 Å². The number of benzene rings is 1. The Hall–Kier alpha value is -1.00. The molecule has 1 aromatic rings. The minimum absolute atomic E-state index is 0.00809. The lowest BCUT2D eigenvalue weighted by Gasteiger charge is -2.30. The molecule has 0 radical (unpaired) electrons. The first-order valence-electron chi connectivity index (χ1n) is 9.17. The van der Waals surface area contributed by atoms with Crippen LogP contribution in [0.25, 0.3) is 0 Å². The first-order valence-corrected chi connectivity index (χ1v) is 12.2. The van der Waals surface area contributed by atoms with Crippen LogP contribution in [0, 0.1) is 0 Å². The van der Waals surface area contributed by atoms with Crippen LogP contribution in [0.15, 0.2) is 35.2 Å². The van der Waals surface area contributed by atoms with Crippen molar-refractivity contribution in [3.63, 3.8) is 0 Å². The number of nitrogens with one attached hydrogen (secondary N) is 1. The summed E-state index contributed by atoms with van der Waals surface area (Å²) in [6.07, 6.45) is 3.55. The topological polar surface area (TPSA) is 86.8 Å². The van der Waals surface area contributed by atoms with Gasteiger partial charge in [0.05, 0.1) is 10.6 Å². The van der Waals surface area contributed by atoms with Gasteiger partial charge in [-0.1, -0.05) is 31.0 Å². The zero-order valence-corrected chi connectivity index (χ0v) is 16.5. The number of piperazine rings is 1. The number of rotatable bonds is 7. The van der Waals surface area contributed by atoms with Crippen molar-refractivity contribution in [1.29, 1.82) is 0 Å². The third-order valence-corrected chi connectivity index (χ3v) is 8.94. The van der Waals surface area contributed by atoms with Crippen LogP contribution in [0.4, 0.5) is 0 Å². The molecular weight excluding hydrogens is 374 g/mol. The van der Waals surface area contributed by atoms with Gasteiger partial charge < -0.3 is 5.32 Å². The molecule has 1 saturated heterocycles. The lowest BCUT2D eigenvalue weighted by molar-refractivity contribution is 0.327. The lowest BCUT2D eigenvalue weighted by atomic mass is 10.2. The Morgan fingerprint density at radius 1 is 1.00 bits per heavy atom. The molecule has 2 aliphatic rings. The summed E-state index contributed by atoms with van der Waals surface area (Å²) in [5, 5.41) is 3.13. The van der Waals surface area contributed by atoms with E-state index < -0.39 is 20.0 Å². The van der Waals surface area contributed by atoms with Crippen molar-refractivity contribution in [2.75, 3.05) is 38.5 Å². The Labute approximate surface area is 156 Å². The molecule has 1 N–H and O–H groups in total. The van der Waals surface area contributed by atoms with Gasteiger partial charge in [0.1, 0.15) is 0 Å². The van der Waals surface area contributed by atoms with Crippen molar-refractivity contribution in [2.45, 2.75) is 36.6 Å². The minimum atomic E-state index is -3.70. The second-order valence-corrected chi connectivity index (χ2v) is 10.8. The molecule has 0 spiro atoms. The van der Waals surface area contributed by atoms with Crippen molar-refractivity contribution in [2.24, 2.45) is 0 Å². The monoisotopic (exact) mass is 401 g/mol. The second kappa shape index (κ2) is 8.35. The summed E-state index contributed by atoms with van der Waals surface area (Å²) in [5.74, 6) is -0.171. The van der Waals surface area contributed by atoms with Crippen LogP contribution in [0.1, 0.15) is 25.7 Å². The predicted octanol–water partition coefficient (Wildman–Crippen LogP) is 0.855. The average molecular weight is 402 g/mol. The lowest BCUT2D eigenvalue weighted by Crippen LogP contribution is -2.49. The minimum Gasteiger partial charge on any atom is -0.314 e. The fraction of sp³-hybridized carbons (Fsp3) is 0.647. The van der Waals surface area contributed by atoms with Gasteiger partial charge in [-0.15, -0.1) is 0 Å². The normalized spacial score (nSPS) is 20.7. The third-order valence-electron chi connectivity index (χ3n) is 5.12. The van der Waals surface area contributed by atoms with E-state index in [4.69, 9.17) is 0 Å². The van der Waals surface area contributed by atoms with E-state index in [1.54, 1.807) is 30.3 Å². The summed E-state index contributed by atoms with van der Waals surface area (Å²) in [5.41, 5.74) is 0. The molecule has 2 fully saturated rings. The van der Waals surface area contributed by atoms with Gasteiger partial charge in [0.15, 0.2) is 0 Å². The number of nitrogens with zero attached hydrogens (tertiary/aromatic N) is 2. The van der Waals surface area contributed by atoms with Gasteiger partial charge >= 0.3 is 0 Å². The van der Waals surface area contributed by atoms with Gasteiger partial charge in [-0.2, -0.15) is 8.61 Å². The van der Waals surface area contributed by atoms with Gasteiger partial charge in [-0.05, 0) is 25.0 Å². The Morgan fingerprint density at radius 2 is 1.62 bits per heavy atom. The van der Waals surface area contributed by atoms with Gasteiger partial charge in [0, 0.05) is 38.8 Å². The van der Waals surface area contributed by atoms with E-state index in [1.807, 2.05) is 0 Å². The van der Waals surface area contributed by atoms with Crippen LogP contribution >= 0.6 is 0 Å².